The number of ether oxygens (including phenoxy) is 1. The van der Waals surface area contributed by atoms with Crippen LogP contribution in [-0.2, 0) is 11.4 Å². The topological polar surface area (TPSA) is 58.6 Å². The number of nitrogens with one attached hydrogen (secondary N) is 1. The normalized spacial score (nSPS) is 15.5. The van der Waals surface area contributed by atoms with Gasteiger partial charge in [-0.1, -0.05) is 30.3 Å². The van der Waals surface area contributed by atoms with Crippen LogP contribution in [0, 0.1) is 7.14 Å². The van der Waals surface area contributed by atoms with Crippen molar-refractivity contribution in [3.05, 3.63) is 66.4 Å². The number of halogens is 2. The molecule has 1 heterocycles. The number of hydrogen-bond acceptors (Lipinski definition) is 3. The van der Waals surface area contributed by atoms with Gasteiger partial charge in [0.1, 0.15) is 18.1 Å². The van der Waals surface area contributed by atoms with Gasteiger partial charge >= 0.3 is 6.03 Å². The van der Waals surface area contributed by atoms with E-state index >= 15 is 0 Å². The summed E-state index contributed by atoms with van der Waals surface area (Å²) >= 11 is 4.44. The Labute approximate surface area is 179 Å². The van der Waals surface area contributed by atoms with Crippen LogP contribution in [0.15, 0.2) is 48.2 Å². The molecule has 0 aromatic heterocycles. The van der Waals surface area contributed by atoms with Gasteiger partial charge in [0.25, 0.3) is 5.91 Å². The Morgan fingerprint density at radius 3 is 2.35 bits per heavy atom. The quantitative estimate of drug-likeness (QED) is 0.328. The first-order valence-corrected chi connectivity index (χ1v) is 10.2. The summed E-state index contributed by atoms with van der Waals surface area (Å²) in [5, 5.41) is 2.62. The van der Waals surface area contributed by atoms with Gasteiger partial charge in [0, 0.05) is 6.54 Å². The first-order chi connectivity index (χ1) is 12.5. The third-order valence-corrected chi connectivity index (χ3v) is 5.44. The molecule has 1 aliphatic rings. The van der Waals surface area contributed by atoms with Crippen molar-refractivity contribution in [1.29, 1.82) is 0 Å². The van der Waals surface area contributed by atoms with E-state index in [-0.39, 0.29) is 11.9 Å². The minimum absolute atomic E-state index is 0.293. The fraction of sp³-hybridized carbons (Fsp3) is 0.158. The average Bonchev–Trinajstić information content (AvgIpc) is 2.88. The van der Waals surface area contributed by atoms with E-state index in [0.29, 0.717) is 18.8 Å². The van der Waals surface area contributed by atoms with Crippen LogP contribution in [0.2, 0.25) is 0 Å². The van der Waals surface area contributed by atoms with Gasteiger partial charge in [-0.3, -0.25) is 9.69 Å². The largest absolute Gasteiger partial charge is 0.487 e. The van der Waals surface area contributed by atoms with Gasteiger partial charge in [0.2, 0.25) is 0 Å². The maximum Gasteiger partial charge on any atom is 0.328 e. The molecule has 1 saturated heterocycles. The Bertz CT molecular complexity index is 859. The first kappa shape index (κ1) is 19.2. The number of amides is 3. The molecule has 0 saturated carbocycles. The first-order valence-electron chi connectivity index (χ1n) is 8.00. The van der Waals surface area contributed by atoms with Crippen molar-refractivity contribution in [2.45, 2.75) is 13.5 Å². The van der Waals surface area contributed by atoms with Crippen molar-refractivity contribution in [2.24, 2.45) is 0 Å². The van der Waals surface area contributed by atoms with Crippen molar-refractivity contribution in [1.82, 2.24) is 10.2 Å². The number of imide groups is 1. The number of likely N-dealkylation sites (N-methyl/N-ethyl adjacent to an activating group) is 1. The van der Waals surface area contributed by atoms with Crippen molar-refractivity contribution in [3.63, 3.8) is 0 Å². The molecule has 2 aromatic carbocycles. The van der Waals surface area contributed by atoms with Crippen LogP contribution < -0.4 is 10.1 Å². The minimum atomic E-state index is -0.379. The average molecular weight is 574 g/mol. The summed E-state index contributed by atoms with van der Waals surface area (Å²) in [5.74, 6) is 0.515. The summed E-state index contributed by atoms with van der Waals surface area (Å²) in [6.45, 7) is 2.61. The summed E-state index contributed by atoms with van der Waals surface area (Å²) in [6.07, 6.45) is 1.70. The molecule has 0 unspecified atom stereocenters. The molecule has 0 atom stereocenters. The van der Waals surface area contributed by atoms with Gasteiger partial charge in [-0.15, -0.1) is 0 Å². The molecule has 5 nitrogen and oxygen atoms in total. The molecule has 0 bridgehead atoms. The predicted molar refractivity (Wildman–Crippen MR) is 117 cm³/mol. The van der Waals surface area contributed by atoms with Crippen molar-refractivity contribution < 1.29 is 14.3 Å². The summed E-state index contributed by atoms with van der Waals surface area (Å²) in [5.41, 5.74) is 2.23. The Hall–Kier alpha value is -1.62. The van der Waals surface area contributed by atoms with Gasteiger partial charge in [0.15, 0.2) is 0 Å². The van der Waals surface area contributed by atoms with E-state index in [2.05, 4.69) is 50.5 Å². The second kappa shape index (κ2) is 8.38. The van der Waals surface area contributed by atoms with Crippen LogP contribution >= 0.6 is 45.2 Å². The molecule has 3 amide bonds. The second-order valence-corrected chi connectivity index (χ2v) is 7.95. The lowest BCUT2D eigenvalue weighted by atomic mass is 10.2. The molecule has 1 fully saturated rings. The molecule has 134 valence electrons. The van der Waals surface area contributed by atoms with Crippen molar-refractivity contribution in [3.8, 4) is 5.75 Å². The lowest BCUT2D eigenvalue weighted by Crippen LogP contribution is -2.30. The summed E-state index contributed by atoms with van der Waals surface area (Å²) in [6, 6.07) is 13.5. The van der Waals surface area contributed by atoms with Crippen LogP contribution in [0.1, 0.15) is 18.1 Å². The molecular weight excluding hydrogens is 558 g/mol. The van der Waals surface area contributed by atoms with E-state index in [4.69, 9.17) is 4.74 Å². The maximum atomic E-state index is 12.2. The smallest absolute Gasteiger partial charge is 0.328 e. The lowest BCUT2D eigenvalue weighted by Gasteiger charge is -2.12. The third kappa shape index (κ3) is 4.20. The molecule has 26 heavy (non-hydrogen) atoms. The number of nitrogens with zero attached hydrogens (tertiary/aromatic N) is 1. The fourth-order valence-electron chi connectivity index (χ4n) is 2.56. The van der Waals surface area contributed by atoms with Gasteiger partial charge in [-0.25, -0.2) is 4.79 Å². The lowest BCUT2D eigenvalue weighted by molar-refractivity contribution is -0.122. The van der Waals surface area contributed by atoms with E-state index in [1.807, 2.05) is 42.5 Å². The molecule has 2 aromatic rings. The third-order valence-electron chi connectivity index (χ3n) is 3.84. The second-order valence-electron chi connectivity index (χ2n) is 5.63. The highest BCUT2D eigenvalue weighted by atomic mass is 127. The Morgan fingerprint density at radius 1 is 1.12 bits per heavy atom. The van der Waals surface area contributed by atoms with E-state index in [1.165, 1.54) is 4.90 Å². The molecule has 0 radical (unpaired) electrons. The predicted octanol–water partition coefficient (Wildman–Crippen LogP) is 4.39. The minimum Gasteiger partial charge on any atom is -0.487 e. The SMILES string of the molecule is CCN1C(=O)N/C(=C/c2cc(I)c(OCc3ccccc3)c(I)c2)C1=O. The zero-order valence-electron chi connectivity index (χ0n) is 14.0. The molecule has 7 heteroatoms. The highest BCUT2D eigenvalue weighted by Crippen LogP contribution is 2.30. The van der Waals surface area contributed by atoms with E-state index in [9.17, 15) is 9.59 Å². The van der Waals surface area contributed by atoms with E-state index in [0.717, 1.165) is 24.0 Å². The summed E-state index contributed by atoms with van der Waals surface area (Å²) in [7, 11) is 0. The van der Waals surface area contributed by atoms with Crippen LogP contribution in [0.4, 0.5) is 4.79 Å². The maximum absolute atomic E-state index is 12.2. The van der Waals surface area contributed by atoms with Crippen LogP contribution in [0.5, 0.6) is 5.75 Å². The molecule has 1 N–H and O–H groups in total. The number of benzene rings is 2. The highest BCUT2D eigenvalue weighted by Gasteiger charge is 2.32. The molecular formula is C19H16I2N2O3. The van der Waals surface area contributed by atoms with Gasteiger partial charge < -0.3 is 10.1 Å². The number of carbonyl (C=O) groups is 2. The molecule has 1 aliphatic heterocycles. The Kier molecular flexibility index (Phi) is 6.17. The fourth-order valence-corrected chi connectivity index (χ4v) is 4.68. The molecule has 3 rings (SSSR count). The highest BCUT2D eigenvalue weighted by molar-refractivity contribution is 14.1. The monoisotopic (exact) mass is 574 g/mol. The van der Waals surface area contributed by atoms with Gasteiger partial charge in [-0.2, -0.15) is 0 Å². The van der Waals surface area contributed by atoms with E-state index < -0.39 is 0 Å². The number of hydrogen-bond donors (Lipinski definition) is 1. The van der Waals surface area contributed by atoms with Gasteiger partial charge in [0.05, 0.1) is 7.14 Å². The molecule has 0 spiro atoms. The van der Waals surface area contributed by atoms with Crippen LogP contribution in [0.3, 0.4) is 0 Å². The molecule has 0 aliphatic carbocycles. The summed E-state index contributed by atoms with van der Waals surface area (Å²) < 4.78 is 7.86. The number of urea groups is 1. The van der Waals surface area contributed by atoms with E-state index in [1.54, 1.807) is 13.0 Å². The Balaban J connectivity index is 1.80. The zero-order chi connectivity index (χ0) is 18.7. The van der Waals surface area contributed by atoms with Crippen molar-refractivity contribution in [2.75, 3.05) is 6.54 Å². The summed E-state index contributed by atoms with van der Waals surface area (Å²) in [4.78, 5) is 25.1. The number of carbonyl (C=O) groups excluding carboxylic acids is 2. The number of rotatable bonds is 5. The van der Waals surface area contributed by atoms with Crippen molar-refractivity contribution >= 4 is 63.2 Å². The standard InChI is InChI=1S/C19H16I2N2O3/c1-2-23-18(24)16(22-19(23)25)10-13-8-14(20)17(15(21)9-13)26-11-12-6-4-3-5-7-12/h3-10H,2,11H2,1H3,(H,22,25)/b16-10+. The van der Waals surface area contributed by atoms with Crippen LogP contribution in [0.25, 0.3) is 6.08 Å². The van der Waals surface area contributed by atoms with Gasteiger partial charge in [-0.05, 0) is 81.4 Å². The Morgan fingerprint density at radius 2 is 1.77 bits per heavy atom. The zero-order valence-corrected chi connectivity index (χ0v) is 18.3. The van der Waals surface area contributed by atoms with Crippen LogP contribution in [-0.4, -0.2) is 23.4 Å².